The Hall–Kier alpha value is -2.13. The molecule has 1 fully saturated rings. The van der Waals surface area contributed by atoms with Crippen LogP contribution in [0, 0.1) is 11.6 Å². The summed E-state index contributed by atoms with van der Waals surface area (Å²) >= 11 is 1.72. The fraction of sp³-hybridized carbons (Fsp3) is 0.412. The molecule has 1 aromatic rings. The van der Waals surface area contributed by atoms with E-state index in [4.69, 9.17) is 10.6 Å². The molecule has 9 heteroatoms. The van der Waals surface area contributed by atoms with Crippen LogP contribution in [0.4, 0.5) is 19.3 Å². The van der Waals surface area contributed by atoms with Crippen LogP contribution < -0.4 is 10.7 Å². The van der Waals surface area contributed by atoms with E-state index in [9.17, 15) is 13.6 Å². The second kappa shape index (κ2) is 8.05. The molecule has 2 heterocycles. The van der Waals surface area contributed by atoms with E-state index in [1.54, 1.807) is 18.7 Å². The van der Waals surface area contributed by atoms with Gasteiger partial charge in [0.05, 0.1) is 18.8 Å². The zero-order valence-electron chi connectivity index (χ0n) is 14.3. The van der Waals surface area contributed by atoms with Crippen molar-refractivity contribution in [2.24, 2.45) is 10.9 Å². The summed E-state index contributed by atoms with van der Waals surface area (Å²) in [6.45, 7) is 2.03. The summed E-state index contributed by atoms with van der Waals surface area (Å²) in [5.74, 6) is 5.87. The summed E-state index contributed by atoms with van der Waals surface area (Å²) in [7, 11) is 0. The number of anilines is 1. The maximum atomic E-state index is 14.6. The number of hydrazone groups is 1. The Bertz CT molecular complexity index is 733. The van der Waals surface area contributed by atoms with Crippen molar-refractivity contribution in [2.75, 3.05) is 29.5 Å². The fourth-order valence-corrected chi connectivity index (χ4v) is 3.86. The summed E-state index contributed by atoms with van der Waals surface area (Å²) in [6.07, 6.45) is 2.77. The van der Waals surface area contributed by atoms with Gasteiger partial charge >= 0.3 is 6.09 Å². The number of hydrazine groups is 1. The second-order valence-electron chi connectivity index (χ2n) is 5.95. The van der Waals surface area contributed by atoms with Crippen LogP contribution in [0.2, 0.25) is 0 Å². The number of thioether (sulfide) groups is 1. The Balaban J connectivity index is 1.79. The van der Waals surface area contributed by atoms with Crippen molar-refractivity contribution < 1.29 is 18.3 Å². The quantitative estimate of drug-likeness (QED) is 0.482. The van der Waals surface area contributed by atoms with Crippen molar-refractivity contribution in [3.8, 4) is 0 Å². The molecule has 0 saturated carbocycles. The summed E-state index contributed by atoms with van der Waals surface area (Å²) in [4.78, 5) is 13.3. The van der Waals surface area contributed by atoms with Crippen LogP contribution in [-0.4, -0.2) is 48.1 Å². The third kappa shape index (κ3) is 3.99. The van der Waals surface area contributed by atoms with Gasteiger partial charge in [-0.2, -0.15) is 16.9 Å². The lowest BCUT2D eigenvalue weighted by atomic mass is 10.0. The lowest BCUT2D eigenvalue weighted by Crippen LogP contribution is -2.36. The Morgan fingerprint density at radius 2 is 2.19 bits per heavy atom. The van der Waals surface area contributed by atoms with Gasteiger partial charge in [0.25, 0.3) is 0 Å². The van der Waals surface area contributed by atoms with Crippen molar-refractivity contribution in [3.63, 3.8) is 0 Å². The predicted octanol–water partition coefficient (Wildman–Crippen LogP) is 2.99. The lowest BCUT2D eigenvalue weighted by Gasteiger charge is -2.18. The van der Waals surface area contributed by atoms with Crippen molar-refractivity contribution >= 4 is 35.3 Å². The number of carbonyl (C=O) groups excluding carboxylic acids is 1. The van der Waals surface area contributed by atoms with Gasteiger partial charge in [-0.1, -0.05) is 6.08 Å². The van der Waals surface area contributed by atoms with Gasteiger partial charge in [0, 0.05) is 17.5 Å². The van der Waals surface area contributed by atoms with Crippen LogP contribution in [0.5, 0.6) is 0 Å². The molecule has 140 valence electrons. The van der Waals surface area contributed by atoms with E-state index >= 15 is 0 Å². The van der Waals surface area contributed by atoms with Crippen LogP contribution in [-0.2, 0) is 4.74 Å². The molecule has 2 aliphatic rings. The smallest absolute Gasteiger partial charge is 0.414 e. The third-order valence-electron chi connectivity index (χ3n) is 4.15. The van der Waals surface area contributed by atoms with Gasteiger partial charge in [0.15, 0.2) is 0 Å². The molecule has 0 radical (unpaired) electrons. The van der Waals surface area contributed by atoms with E-state index < -0.39 is 23.8 Å². The minimum atomic E-state index is -0.676. The van der Waals surface area contributed by atoms with Crippen molar-refractivity contribution in [1.29, 1.82) is 0 Å². The minimum absolute atomic E-state index is 0.0106. The van der Waals surface area contributed by atoms with Gasteiger partial charge in [-0.25, -0.2) is 24.5 Å². The Labute approximate surface area is 154 Å². The number of hydrogen-bond donors (Lipinski definition) is 1. The van der Waals surface area contributed by atoms with Crippen molar-refractivity contribution in [1.82, 2.24) is 5.12 Å². The van der Waals surface area contributed by atoms with Gasteiger partial charge in [-0.05, 0) is 36.8 Å². The predicted molar refractivity (Wildman–Crippen MR) is 99.0 cm³/mol. The number of ether oxygens (including phenoxy) is 1. The topological polar surface area (TPSA) is 71.2 Å². The molecule has 1 unspecified atom stereocenters. The van der Waals surface area contributed by atoms with Crippen LogP contribution in [0.1, 0.15) is 18.9 Å². The molecule has 0 aromatic heterocycles. The van der Waals surface area contributed by atoms with E-state index in [2.05, 4.69) is 5.10 Å². The lowest BCUT2D eigenvalue weighted by molar-refractivity contribution is 0.110. The van der Waals surface area contributed by atoms with Gasteiger partial charge in [-0.3, -0.25) is 4.90 Å². The van der Waals surface area contributed by atoms with Crippen LogP contribution >= 0.6 is 11.8 Å². The summed E-state index contributed by atoms with van der Waals surface area (Å²) < 4.78 is 34.3. The van der Waals surface area contributed by atoms with Crippen LogP contribution in [0.15, 0.2) is 23.3 Å². The number of amides is 1. The van der Waals surface area contributed by atoms with Crippen molar-refractivity contribution in [2.45, 2.75) is 19.4 Å². The van der Waals surface area contributed by atoms with Crippen molar-refractivity contribution in [3.05, 3.63) is 35.4 Å². The summed E-state index contributed by atoms with van der Waals surface area (Å²) in [5, 5.41) is 5.00. The molecule has 2 N–H and O–H groups in total. The highest BCUT2D eigenvalue weighted by atomic mass is 32.2. The monoisotopic (exact) mass is 382 g/mol. The summed E-state index contributed by atoms with van der Waals surface area (Å²) in [6, 6.07) is 2.35. The molecule has 1 amide bonds. The maximum Gasteiger partial charge on any atom is 0.414 e. The SMILES string of the molecule is C/C=N\N(N)CC1CN(c2cc(F)c(C3=CCSCC3)c(F)c2)C(=O)O1. The number of allylic oxidation sites excluding steroid dienone is 1. The minimum Gasteiger partial charge on any atom is -0.442 e. The number of nitrogens with two attached hydrogens (primary N) is 1. The molecule has 3 rings (SSSR count). The largest absolute Gasteiger partial charge is 0.442 e. The zero-order chi connectivity index (χ0) is 18.7. The number of carbonyl (C=O) groups is 1. The average molecular weight is 382 g/mol. The van der Waals surface area contributed by atoms with Gasteiger partial charge < -0.3 is 4.74 Å². The molecule has 0 bridgehead atoms. The molecular formula is C17H20F2N4O2S. The Morgan fingerprint density at radius 1 is 1.46 bits per heavy atom. The molecule has 1 saturated heterocycles. The number of halogens is 2. The standard InChI is InChI=1S/C17H20F2N4O2S/c1-2-21-23(20)10-13-9-22(17(24)25-13)12-7-14(18)16(15(19)8-12)11-3-5-26-6-4-11/h2-3,7-8,13H,4-6,9-10,20H2,1H3/b21-2-. The molecule has 2 aliphatic heterocycles. The third-order valence-corrected chi connectivity index (χ3v) is 5.05. The molecule has 26 heavy (non-hydrogen) atoms. The van der Waals surface area contributed by atoms with Crippen LogP contribution in [0.25, 0.3) is 5.57 Å². The molecule has 0 aliphatic carbocycles. The molecule has 1 aromatic carbocycles. The number of nitrogens with zero attached hydrogens (tertiary/aromatic N) is 3. The first-order valence-electron chi connectivity index (χ1n) is 8.24. The first-order chi connectivity index (χ1) is 12.5. The van der Waals surface area contributed by atoms with Crippen LogP contribution in [0.3, 0.4) is 0 Å². The highest BCUT2D eigenvalue weighted by Crippen LogP contribution is 2.33. The average Bonchev–Trinajstić information content (AvgIpc) is 2.95. The molecule has 0 spiro atoms. The number of cyclic esters (lactones) is 1. The van der Waals surface area contributed by atoms with E-state index in [1.807, 2.05) is 6.08 Å². The maximum absolute atomic E-state index is 14.6. The highest BCUT2D eigenvalue weighted by molar-refractivity contribution is 7.99. The number of benzene rings is 1. The summed E-state index contributed by atoms with van der Waals surface area (Å²) in [5.41, 5.74) is 0.788. The number of hydrogen-bond acceptors (Lipinski definition) is 6. The number of rotatable bonds is 5. The molecular weight excluding hydrogens is 362 g/mol. The van der Waals surface area contributed by atoms with E-state index in [0.29, 0.717) is 12.0 Å². The van der Waals surface area contributed by atoms with E-state index in [-0.39, 0.29) is 24.3 Å². The molecule has 1 atom stereocenters. The fourth-order valence-electron chi connectivity index (χ4n) is 3.01. The first kappa shape index (κ1) is 18.7. The highest BCUT2D eigenvalue weighted by Gasteiger charge is 2.34. The molecule has 6 nitrogen and oxygen atoms in total. The van der Waals surface area contributed by atoms with Gasteiger partial charge in [0.2, 0.25) is 0 Å². The van der Waals surface area contributed by atoms with E-state index in [0.717, 1.165) is 16.6 Å². The van der Waals surface area contributed by atoms with Gasteiger partial charge in [0.1, 0.15) is 17.7 Å². The van der Waals surface area contributed by atoms with Gasteiger partial charge in [-0.15, -0.1) is 0 Å². The Kier molecular flexibility index (Phi) is 5.77. The van der Waals surface area contributed by atoms with E-state index in [1.165, 1.54) is 23.2 Å². The first-order valence-corrected chi connectivity index (χ1v) is 9.40. The second-order valence-corrected chi connectivity index (χ2v) is 7.10. The normalized spacial score (nSPS) is 20.5. The Morgan fingerprint density at radius 3 is 2.81 bits per heavy atom. The zero-order valence-corrected chi connectivity index (χ0v) is 15.1.